The summed E-state index contributed by atoms with van der Waals surface area (Å²) in [6, 6.07) is 16.5. The van der Waals surface area contributed by atoms with Crippen LogP contribution in [0, 0.1) is 0 Å². The highest BCUT2D eigenvalue weighted by Gasteiger charge is 2.25. The lowest BCUT2D eigenvalue weighted by atomic mass is 9.93. The Kier molecular flexibility index (Phi) is 5.60. The fourth-order valence-corrected chi connectivity index (χ4v) is 4.98. The maximum Gasteiger partial charge on any atom is 0.208 e. The normalized spacial score (nSPS) is 24.8. The van der Waals surface area contributed by atoms with Gasteiger partial charge in [0.2, 0.25) is 10.0 Å². The lowest BCUT2D eigenvalue weighted by Crippen LogP contribution is -2.39. The van der Waals surface area contributed by atoms with Gasteiger partial charge in [0, 0.05) is 6.04 Å². The van der Waals surface area contributed by atoms with Gasteiger partial charge in [-0.15, -0.1) is 0 Å². The lowest BCUT2D eigenvalue weighted by molar-refractivity contribution is 0.142. The molecule has 1 aliphatic heterocycles. The van der Waals surface area contributed by atoms with Gasteiger partial charge >= 0.3 is 0 Å². The summed E-state index contributed by atoms with van der Waals surface area (Å²) >= 11 is 0. The van der Waals surface area contributed by atoms with Crippen LogP contribution >= 0.6 is 0 Å². The maximum atomic E-state index is 11.4. The largest absolute Gasteiger partial charge is 0.490 e. The van der Waals surface area contributed by atoms with Crippen molar-refractivity contribution >= 4 is 10.0 Å². The molecule has 0 amide bonds. The fraction of sp³-hybridized carbons (Fsp3) is 0.455. The Morgan fingerprint density at radius 3 is 2.46 bits per heavy atom. The Bertz CT molecular complexity index is 905. The molecule has 0 saturated heterocycles. The molecule has 0 bridgehead atoms. The molecule has 5 nitrogen and oxygen atoms in total. The molecule has 1 unspecified atom stereocenters. The van der Waals surface area contributed by atoms with Crippen molar-refractivity contribution < 1.29 is 17.9 Å². The number of benzene rings is 2. The van der Waals surface area contributed by atoms with E-state index < -0.39 is 10.0 Å². The van der Waals surface area contributed by atoms with Gasteiger partial charge in [0.15, 0.2) is 0 Å². The van der Waals surface area contributed by atoms with Crippen LogP contribution in [0.5, 0.6) is 11.5 Å². The molecule has 1 saturated carbocycles. The van der Waals surface area contributed by atoms with Crippen LogP contribution in [-0.4, -0.2) is 26.8 Å². The molecule has 4 rings (SSSR count). The van der Waals surface area contributed by atoms with Gasteiger partial charge in [-0.2, -0.15) is 0 Å². The van der Waals surface area contributed by atoms with E-state index in [1.807, 2.05) is 30.3 Å². The van der Waals surface area contributed by atoms with E-state index in [2.05, 4.69) is 22.9 Å². The summed E-state index contributed by atoms with van der Waals surface area (Å²) in [7, 11) is -3.14. The van der Waals surface area contributed by atoms with Crippen molar-refractivity contribution in [3.8, 4) is 11.5 Å². The second-order valence-electron chi connectivity index (χ2n) is 7.81. The highest BCUT2D eigenvalue weighted by Crippen LogP contribution is 2.37. The van der Waals surface area contributed by atoms with Crippen LogP contribution < -0.4 is 14.2 Å². The van der Waals surface area contributed by atoms with E-state index in [-0.39, 0.29) is 18.2 Å². The number of hydrogen-bond acceptors (Lipinski definition) is 4. The molecule has 1 aliphatic carbocycles. The molecule has 6 heteroatoms. The zero-order valence-corrected chi connectivity index (χ0v) is 17.0. The summed E-state index contributed by atoms with van der Waals surface area (Å²) in [6.07, 6.45) is 6.73. The molecule has 1 fully saturated rings. The number of nitrogens with one attached hydrogen (secondary N) is 1. The first-order chi connectivity index (χ1) is 13.5. The molecule has 2 aromatic rings. The quantitative estimate of drug-likeness (QED) is 0.823. The van der Waals surface area contributed by atoms with Crippen LogP contribution in [0.3, 0.4) is 0 Å². The number of rotatable bonds is 5. The number of aryl methyl sites for hydroxylation is 1. The predicted octanol–water partition coefficient (Wildman–Crippen LogP) is 3.99. The lowest BCUT2D eigenvalue weighted by Gasteiger charge is -2.30. The summed E-state index contributed by atoms with van der Waals surface area (Å²) in [5, 5.41) is 0. The maximum absolute atomic E-state index is 11.4. The Morgan fingerprint density at radius 1 is 1.00 bits per heavy atom. The van der Waals surface area contributed by atoms with E-state index in [1.165, 1.54) is 17.4 Å². The van der Waals surface area contributed by atoms with Crippen molar-refractivity contribution in [1.82, 2.24) is 4.72 Å². The minimum Gasteiger partial charge on any atom is -0.490 e. The molecule has 150 valence electrons. The standard InChI is InChI=1S/C22H27NO4S/c1-28(24,25)23-18-8-10-19(11-9-18)26-20-12-14-22-17(15-20)7-13-21(27-22)16-5-3-2-4-6-16/h2-6,12,14-15,18-19,21,23H,7-11,13H2,1H3. The summed E-state index contributed by atoms with van der Waals surface area (Å²) in [4.78, 5) is 0. The minimum absolute atomic E-state index is 0.0294. The highest BCUT2D eigenvalue weighted by atomic mass is 32.2. The fourth-order valence-electron chi connectivity index (χ4n) is 4.13. The molecule has 0 radical (unpaired) electrons. The van der Waals surface area contributed by atoms with Gasteiger partial charge in [-0.3, -0.25) is 0 Å². The smallest absolute Gasteiger partial charge is 0.208 e. The van der Waals surface area contributed by atoms with E-state index in [0.717, 1.165) is 50.0 Å². The summed E-state index contributed by atoms with van der Waals surface area (Å²) in [5.41, 5.74) is 2.41. The van der Waals surface area contributed by atoms with E-state index in [4.69, 9.17) is 9.47 Å². The van der Waals surface area contributed by atoms with Gasteiger partial charge < -0.3 is 9.47 Å². The van der Waals surface area contributed by atoms with Gasteiger partial charge in [-0.25, -0.2) is 13.1 Å². The van der Waals surface area contributed by atoms with E-state index in [9.17, 15) is 8.42 Å². The monoisotopic (exact) mass is 401 g/mol. The van der Waals surface area contributed by atoms with Crippen molar-refractivity contribution in [1.29, 1.82) is 0 Å². The second-order valence-corrected chi connectivity index (χ2v) is 9.59. The van der Waals surface area contributed by atoms with Gasteiger partial charge in [-0.1, -0.05) is 30.3 Å². The average Bonchev–Trinajstić information content (AvgIpc) is 2.69. The van der Waals surface area contributed by atoms with Gasteiger partial charge in [0.05, 0.1) is 12.4 Å². The molecule has 0 aromatic heterocycles. The van der Waals surface area contributed by atoms with Crippen LogP contribution in [0.15, 0.2) is 48.5 Å². The van der Waals surface area contributed by atoms with Gasteiger partial charge in [0.25, 0.3) is 0 Å². The van der Waals surface area contributed by atoms with Crippen molar-refractivity contribution in [2.45, 2.75) is 56.8 Å². The first kappa shape index (κ1) is 19.3. The Morgan fingerprint density at radius 2 is 1.75 bits per heavy atom. The van der Waals surface area contributed by atoms with Crippen LogP contribution in [0.2, 0.25) is 0 Å². The van der Waals surface area contributed by atoms with Gasteiger partial charge in [-0.05, 0) is 67.9 Å². The minimum atomic E-state index is -3.14. The third-order valence-electron chi connectivity index (χ3n) is 5.51. The van der Waals surface area contributed by atoms with Crippen molar-refractivity contribution in [3.63, 3.8) is 0 Å². The van der Waals surface area contributed by atoms with Crippen LogP contribution in [0.4, 0.5) is 0 Å². The summed E-state index contributed by atoms with van der Waals surface area (Å²) in [5.74, 6) is 1.81. The third kappa shape index (κ3) is 4.86. The number of ether oxygens (including phenoxy) is 2. The second kappa shape index (κ2) is 8.13. The zero-order chi connectivity index (χ0) is 19.6. The molecule has 0 spiro atoms. The van der Waals surface area contributed by atoms with E-state index in [0.29, 0.717) is 0 Å². The Balaban J connectivity index is 1.34. The first-order valence-electron chi connectivity index (χ1n) is 9.95. The average molecular weight is 402 g/mol. The predicted molar refractivity (Wildman–Crippen MR) is 109 cm³/mol. The zero-order valence-electron chi connectivity index (χ0n) is 16.1. The molecule has 1 N–H and O–H groups in total. The molecule has 1 atom stereocenters. The Hall–Kier alpha value is -2.05. The van der Waals surface area contributed by atoms with E-state index >= 15 is 0 Å². The van der Waals surface area contributed by atoms with Crippen molar-refractivity contribution in [2.75, 3.05) is 6.26 Å². The molecular formula is C22H27NO4S. The summed E-state index contributed by atoms with van der Waals surface area (Å²) in [6.45, 7) is 0. The molecule has 2 aliphatic rings. The van der Waals surface area contributed by atoms with Gasteiger partial charge in [0.1, 0.15) is 17.6 Å². The summed E-state index contributed by atoms with van der Waals surface area (Å²) < 4.78 is 37.8. The molecule has 1 heterocycles. The van der Waals surface area contributed by atoms with Crippen LogP contribution in [0.25, 0.3) is 0 Å². The molecule has 28 heavy (non-hydrogen) atoms. The topological polar surface area (TPSA) is 64.6 Å². The number of fused-ring (bicyclic) bond motifs is 1. The third-order valence-corrected chi connectivity index (χ3v) is 6.27. The first-order valence-corrected chi connectivity index (χ1v) is 11.8. The van der Waals surface area contributed by atoms with Crippen LogP contribution in [-0.2, 0) is 16.4 Å². The molecule has 2 aromatic carbocycles. The van der Waals surface area contributed by atoms with Crippen molar-refractivity contribution in [3.05, 3.63) is 59.7 Å². The van der Waals surface area contributed by atoms with Crippen LogP contribution in [0.1, 0.15) is 49.3 Å². The SMILES string of the molecule is CS(=O)(=O)NC1CCC(Oc2ccc3c(c2)CCC(c2ccccc2)O3)CC1. The Labute approximate surface area is 167 Å². The number of sulfonamides is 1. The van der Waals surface area contributed by atoms with E-state index in [1.54, 1.807) is 0 Å². The molecular weight excluding hydrogens is 374 g/mol. The van der Waals surface area contributed by atoms with Crippen molar-refractivity contribution in [2.24, 2.45) is 0 Å². The number of hydrogen-bond donors (Lipinski definition) is 1. The highest BCUT2D eigenvalue weighted by molar-refractivity contribution is 7.88.